The van der Waals surface area contributed by atoms with Gasteiger partial charge in [-0.25, -0.2) is 9.97 Å². The van der Waals surface area contributed by atoms with Crippen LogP contribution in [0.25, 0.3) is 0 Å². The molecule has 0 spiro atoms. The molecule has 0 fully saturated rings. The molecule has 108 valence electrons. The summed E-state index contributed by atoms with van der Waals surface area (Å²) in [4.78, 5) is 11.5. The van der Waals surface area contributed by atoms with Gasteiger partial charge in [0.25, 0.3) is 0 Å². The summed E-state index contributed by atoms with van der Waals surface area (Å²) in [5.41, 5.74) is 6.45. The van der Waals surface area contributed by atoms with E-state index in [9.17, 15) is 0 Å². The van der Waals surface area contributed by atoms with E-state index in [0.29, 0.717) is 0 Å². The number of anilines is 1. The molecule has 0 radical (unpaired) electrons. The van der Waals surface area contributed by atoms with Crippen LogP contribution in [0.2, 0.25) is 0 Å². The summed E-state index contributed by atoms with van der Waals surface area (Å²) in [6.45, 7) is 11.7. The van der Waals surface area contributed by atoms with Crippen molar-refractivity contribution in [3.05, 3.63) is 40.4 Å². The van der Waals surface area contributed by atoms with Crippen LogP contribution in [0.4, 0.5) is 5.95 Å². The van der Waals surface area contributed by atoms with Crippen LogP contribution in [0.3, 0.4) is 0 Å². The smallest absolute Gasteiger partial charge is 0.230 e. The molecule has 0 aromatic carbocycles. The van der Waals surface area contributed by atoms with E-state index in [2.05, 4.69) is 50.6 Å². The lowest BCUT2D eigenvalue weighted by atomic mass is 10.0. The molecule has 3 nitrogen and oxygen atoms in total. The maximum absolute atomic E-state index is 4.78. The zero-order valence-corrected chi connectivity index (χ0v) is 13.3. The van der Waals surface area contributed by atoms with Crippen molar-refractivity contribution in [2.24, 2.45) is 0 Å². The maximum Gasteiger partial charge on any atom is 0.230 e. The largest absolute Gasteiger partial charge is 0.310 e. The molecule has 0 saturated carbocycles. The Hall–Kier alpha value is -1.64. The highest BCUT2D eigenvalue weighted by Gasteiger charge is 2.19. The van der Waals surface area contributed by atoms with Crippen LogP contribution in [-0.4, -0.2) is 16.5 Å². The molecule has 0 unspecified atom stereocenters. The van der Waals surface area contributed by atoms with Crippen LogP contribution >= 0.6 is 0 Å². The van der Waals surface area contributed by atoms with Crippen LogP contribution in [0, 0.1) is 6.92 Å². The molecule has 0 bridgehead atoms. The predicted molar refractivity (Wildman–Crippen MR) is 84.9 cm³/mol. The molecule has 1 aliphatic rings. The van der Waals surface area contributed by atoms with Gasteiger partial charge in [0, 0.05) is 24.1 Å². The molecule has 0 saturated heterocycles. The fraction of sp³-hybridized carbons (Fsp3) is 0.529. The highest BCUT2D eigenvalue weighted by atomic mass is 15.3. The third-order valence-corrected chi connectivity index (χ3v) is 3.98. The number of nitrogens with zero attached hydrogens (tertiary/aromatic N) is 3. The van der Waals surface area contributed by atoms with Crippen LogP contribution in [0.1, 0.15) is 51.8 Å². The second-order valence-corrected chi connectivity index (χ2v) is 5.56. The molecule has 0 amide bonds. The number of aromatic nitrogens is 2. The lowest BCUT2D eigenvalue weighted by molar-refractivity contribution is 0.812. The Kier molecular flexibility index (Phi) is 4.58. The first-order chi connectivity index (χ1) is 9.56. The van der Waals surface area contributed by atoms with Gasteiger partial charge in [-0.05, 0) is 56.4 Å². The van der Waals surface area contributed by atoms with Gasteiger partial charge >= 0.3 is 0 Å². The van der Waals surface area contributed by atoms with E-state index in [0.717, 1.165) is 31.8 Å². The molecule has 0 atom stereocenters. The molecule has 20 heavy (non-hydrogen) atoms. The van der Waals surface area contributed by atoms with Crippen LogP contribution in [0.5, 0.6) is 0 Å². The Bertz CT molecular complexity index is 555. The average molecular weight is 271 g/mol. The number of hydrogen-bond donors (Lipinski definition) is 0. The SMILES string of the molecule is CCCc1nc(N2CC(CC)=C(C)C=C2C)ncc1C. The predicted octanol–water partition coefficient (Wildman–Crippen LogP) is 4.19. The first kappa shape index (κ1) is 14.8. The Balaban J connectivity index is 2.33. The standard InChI is InChI=1S/C17H25N3/c1-6-8-16-13(4)10-18-17(19-16)20-11-15(7-2)12(3)9-14(20)5/h9-10H,6-8,11H2,1-5H3. The van der Waals surface area contributed by atoms with Gasteiger partial charge < -0.3 is 4.90 Å². The number of hydrogen-bond acceptors (Lipinski definition) is 3. The maximum atomic E-state index is 4.78. The zero-order chi connectivity index (χ0) is 14.7. The third-order valence-electron chi connectivity index (χ3n) is 3.98. The van der Waals surface area contributed by atoms with E-state index >= 15 is 0 Å². The first-order valence-corrected chi connectivity index (χ1v) is 7.53. The fourth-order valence-electron chi connectivity index (χ4n) is 2.64. The molecule has 2 heterocycles. The van der Waals surface area contributed by atoms with Gasteiger partial charge in [-0.2, -0.15) is 0 Å². The minimum absolute atomic E-state index is 0.839. The van der Waals surface area contributed by atoms with E-state index in [1.165, 1.54) is 28.1 Å². The molecule has 1 aliphatic heterocycles. The lowest BCUT2D eigenvalue weighted by Gasteiger charge is -2.29. The molecule has 3 heteroatoms. The van der Waals surface area contributed by atoms with E-state index in [1.807, 2.05) is 6.20 Å². The van der Waals surface area contributed by atoms with Crippen molar-refractivity contribution in [3.63, 3.8) is 0 Å². The van der Waals surface area contributed by atoms with Gasteiger partial charge in [0.05, 0.1) is 0 Å². The highest BCUT2D eigenvalue weighted by molar-refractivity contribution is 5.49. The highest BCUT2D eigenvalue weighted by Crippen LogP contribution is 2.26. The van der Waals surface area contributed by atoms with E-state index in [-0.39, 0.29) is 0 Å². The quantitative estimate of drug-likeness (QED) is 0.822. The molecular formula is C17H25N3. The van der Waals surface area contributed by atoms with E-state index in [4.69, 9.17) is 4.98 Å². The normalized spacial score (nSPS) is 15.7. The van der Waals surface area contributed by atoms with E-state index in [1.54, 1.807) is 0 Å². The number of aryl methyl sites for hydroxylation is 2. The van der Waals surface area contributed by atoms with Gasteiger partial charge in [0.15, 0.2) is 0 Å². The Labute approximate surface area is 122 Å². The topological polar surface area (TPSA) is 29.0 Å². The Morgan fingerprint density at radius 3 is 2.60 bits per heavy atom. The van der Waals surface area contributed by atoms with Crippen molar-refractivity contribution in [2.45, 2.75) is 53.9 Å². The van der Waals surface area contributed by atoms with Crippen LogP contribution in [0.15, 0.2) is 29.1 Å². The summed E-state index contributed by atoms with van der Waals surface area (Å²) in [5.74, 6) is 0.839. The summed E-state index contributed by atoms with van der Waals surface area (Å²) in [6, 6.07) is 0. The van der Waals surface area contributed by atoms with E-state index < -0.39 is 0 Å². The monoisotopic (exact) mass is 271 g/mol. The molecule has 0 aliphatic carbocycles. The van der Waals surface area contributed by atoms with Gasteiger partial charge in [0.2, 0.25) is 5.95 Å². The van der Waals surface area contributed by atoms with Crippen molar-refractivity contribution >= 4 is 5.95 Å². The Morgan fingerprint density at radius 1 is 1.20 bits per heavy atom. The molecule has 1 aromatic heterocycles. The third kappa shape index (κ3) is 2.92. The van der Waals surface area contributed by atoms with Crippen molar-refractivity contribution in [3.8, 4) is 0 Å². The summed E-state index contributed by atoms with van der Waals surface area (Å²) in [5, 5.41) is 0. The molecule has 0 N–H and O–H groups in total. The molecule has 2 rings (SSSR count). The minimum atomic E-state index is 0.839. The molecule has 1 aromatic rings. The number of allylic oxidation sites excluding steroid dienone is 3. The summed E-state index contributed by atoms with van der Waals surface area (Å²) < 4.78 is 0. The van der Waals surface area contributed by atoms with Gasteiger partial charge in [-0.1, -0.05) is 20.3 Å². The summed E-state index contributed by atoms with van der Waals surface area (Å²) >= 11 is 0. The van der Waals surface area contributed by atoms with Gasteiger partial charge in [0.1, 0.15) is 0 Å². The van der Waals surface area contributed by atoms with Crippen LogP contribution < -0.4 is 4.90 Å². The second kappa shape index (κ2) is 6.21. The number of rotatable bonds is 4. The lowest BCUT2D eigenvalue weighted by Crippen LogP contribution is -2.29. The fourth-order valence-corrected chi connectivity index (χ4v) is 2.64. The first-order valence-electron chi connectivity index (χ1n) is 7.53. The molecular weight excluding hydrogens is 246 g/mol. The van der Waals surface area contributed by atoms with Gasteiger partial charge in [-0.3, -0.25) is 0 Å². The summed E-state index contributed by atoms with van der Waals surface area (Å²) in [6.07, 6.45) is 7.42. The summed E-state index contributed by atoms with van der Waals surface area (Å²) in [7, 11) is 0. The van der Waals surface area contributed by atoms with Crippen molar-refractivity contribution in [1.82, 2.24) is 9.97 Å². The van der Waals surface area contributed by atoms with Crippen molar-refractivity contribution in [2.75, 3.05) is 11.4 Å². The Morgan fingerprint density at radius 2 is 1.95 bits per heavy atom. The average Bonchev–Trinajstić information content (AvgIpc) is 2.42. The van der Waals surface area contributed by atoms with Crippen molar-refractivity contribution < 1.29 is 0 Å². The van der Waals surface area contributed by atoms with Crippen molar-refractivity contribution in [1.29, 1.82) is 0 Å². The second-order valence-electron chi connectivity index (χ2n) is 5.56. The zero-order valence-electron chi connectivity index (χ0n) is 13.3. The van der Waals surface area contributed by atoms with Gasteiger partial charge in [-0.15, -0.1) is 0 Å². The van der Waals surface area contributed by atoms with Crippen LogP contribution in [-0.2, 0) is 6.42 Å². The minimum Gasteiger partial charge on any atom is -0.310 e.